The van der Waals surface area contributed by atoms with Gasteiger partial charge < -0.3 is 0 Å². The van der Waals surface area contributed by atoms with Crippen LogP contribution in [0.5, 0.6) is 0 Å². The molecule has 0 fully saturated rings. The lowest BCUT2D eigenvalue weighted by atomic mass is 9.90. The van der Waals surface area contributed by atoms with Crippen LogP contribution in [0.3, 0.4) is 0 Å². The van der Waals surface area contributed by atoms with Crippen LogP contribution >= 0.6 is 0 Å². The summed E-state index contributed by atoms with van der Waals surface area (Å²) in [5, 5.41) is 0. The third-order valence-corrected chi connectivity index (χ3v) is 4.59. The molecule has 0 bridgehead atoms. The van der Waals surface area contributed by atoms with Gasteiger partial charge in [-0.25, -0.2) is 8.93 Å². The van der Waals surface area contributed by atoms with Gasteiger partial charge in [0.05, 0.1) is 21.3 Å². The van der Waals surface area contributed by atoms with Crippen molar-refractivity contribution >= 4 is 11.0 Å². The number of rotatable bonds is 5. The van der Waals surface area contributed by atoms with Crippen molar-refractivity contribution in [1.29, 1.82) is 0 Å². The summed E-state index contributed by atoms with van der Waals surface area (Å²) in [7, 11) is -1.11. The molecule has 18 heavy (non-hydrogen) atoms. The zero-order valence-electron chi connectivity index (χ0n) is 11.7. The van der Waals surface area contributed by atoms with Crippen molar-refractivity contribution in [3.05, 3.63) is 48.6 Å². The summed E-state index contributed by atoms with van der Waals surface area (Å²) in [6, 6.07) is 10.1. The lowest BCUT2D eigenvalue weighted by molar-refractivity contribution is 0.446. The molecule has 100 valence electrons. The Hall–Kier alpha value is -0.930. The highest BCUT2D eigenvalue weighted by Crippen LogP contribution is 2.27. The van der Waals surface area contributed by atoms with Gasteiger partial charge in [-0.15, -0.1) is 6.58 Å². The van der Waals surface area contributed by atoms with Gasteiger partial charge in [0.1, 0.15) is 0 Å². The largest absolute Gasteiger partial charge is 0.242 e. The molecule has 0 aliphatic heterocycles. The maximum Gasteiger partial charge on any atom is 0.0978 e. The standard InChI is InChI=1S/C15H23NOS/c1-6-12-15(5,13-10-8-7-9-11-13)16-18(17)14(2,3)4/h6-11,16H,1,12H2,2-5H3. The highest BCUT2D eigenvalue weighted by atomic mass is 32.2. The van der Waals surface area contributed by atoms with Gasteiger partial charge in [0.2, 0.25) is 0 Å². The Balaban J connectivity index is 3.02. The fourth-order valence-corrected chi connectivity index (χ4v) is 2.59. The lowest BCUT2D eigenvalue weighted by Gasteiger charge is -2.33. The van der Waals surface area contributed by atoms with E-state index < -0.39 is 11.0 Å². The van der Waals surface area contributed by atoms with E-state index in [0.29, 0.717) is 0 Å². The van der Waals surface area contributed by atoms with Crippen molar-refractivity contribution in [1.82, 2.24) is 4.72 Å². The normalized spacial score (nSPS) is 16.9. The molecule has 0 heterocycles. The minimum Gasteiger partial charge on any atom is -0.242 e. The van der Waals surface area contributed by atoms with E-state index in [0.717, 1.165) is 12.0 Å². The second-order valence-electron chi connectivity index (χ2n) is 5.67. The van der Waals surface area contributed by atoms with Crippen molar-refractivity contribution in [2.45, 2.75) is 44.4 Å². The molecule has 1 aromatic rings. The van der Waals surface area contributed by atoms with Gasteiger partial charge in [-0.1, -0.05) is 36.4 Å². The van der Waals surface area contributed by atoms with Crippen LogP contribution in [0.25, 0.3) is 0 Å². The minimum absolute atomic E-state index is 0.281. The van der Waals surface area contributed by atoms with Gasteiger partial charge in [-0.05, 0) is 39.7 Å². The van der Waals surface area contributed by atoms with Gasteiger partial charge in [-0.3, -0.25) is 0 Å². The van der Waals surface area contributed by atoms with E-state index in [2.05, 4.69) is 30.4 Å². The Morgan fingerprint density at radius 2 is 1.78 bits per heavy atom. The SMILES string of the molecule is C=CCC(C)(NS(=O)C(C)(C)C)c1ccccc1. The van der Waals surface area contributed by atoms with Crippen molar-refractivity contribution in [3.63, 3.8) is 0 Å². The molecule has 0 spiro atoms. The third-order valence-electron chi connectivity index (χ3n) is 2.84. The molecule has 1 rings (SSSR count). The first-order chi connectivity index (χ1) is 8.29. The topological polar surface area (TPSA) is 29.1 Å². The van der Waals surface area contributed by atoms with Gasteiger partial charge in [-0.2, -0.15) is 0 Å². The Morgan fingerprint density at radius 1 is 1.22 bits per heavy atom. The molecule has 0 aliphatic rings. The van der Waals surface area contributed by atoms with Crippen LogP contribution in [0.2, 0.25) is 0 Å². The summed E-state index contributed by atoms with van der Waals surface area (Å²) in [6.07, 6.45) is 2.60. The zero-order chi connectivity index (χ0) is 13.8. The fourth-order valence-electron chi connectivity index (χ4n) is 1.67. The van der Waals surface area contributed by atoms with Crippen molar-refractivity contribution in [2.75, 3.05) is 0 Å². The van der Waals surface area contributed by atoms with Crippen LogP contribution < -0.4 is 4.72 Å². The smallest absolute Gasteiger partial charge is 0.0978 e. The summed E-state index contributed by atoms with van der Waals surface area (Å²) in [6.45, 7) is 11.8. The Labute approximate surface area is 113 Å². The molecule has 0 radical (unpaired) electrons. The van der Waals surface area contributed by atoms with E-state index in [-0.39, 0.29) is 10.3 Å². The monoisotopic (exact) mass is 265 g/mol. The second kappa shape index (κ2) is 5.81. The first-order valence-electron chi connectivity index (χ1n) is 6.16. The van der Waals surface area contributed by atoms with Gasteiger partial charge in [0, 0.05) is 0 Å². The predicted molar refractivity (Wildman–Crippen MR) is 79.6 cm³/mol. The van der Waals surface area contributed by atoms with Crippen molar-refractivity contribution in [3.8, 4) is 0 Å². The van der Waals surface area contributed by atoms with Gasteiger partial charge in [0.25, 0.3) is 0 Å². The van der Waals surface area contributed by atoms with Crippen molar-refractivity contribution < 1.29 is 4.21 Å². The first-order valence-corrected chi connectivity index (χ1v) is 7.31. The maximum absolute atomic E-state index is 12.3. The average molecular weight is 265 g/mol. The Bertz CT molecular complexity index is 422. The van der Waals surface area contributed by atoms with Crippen LogP contribution in [0, 0.1) is 0 Å². The van der Waals surface area contributed by atoms with Crippen LogP contribution in [-0.4, -0.2) is 8.96 Å². The van der Waals surface area contributed by atoms with E-state index in [1.54, 1.807) is 0 Å². The molecular weight excluding hydrogens is 242 g/mol. The molecule has 0 saturated heterocycles. The van der Waals surface area contributed by atoms with Crippen LogP contribution in [0.4, 0.5) is 0 Å². The van der Waals surface area contributed by atoms with Crippen LogP contribution in [0.1, 0.15) is 39.7 Å². The van der Waals surface area contributed by atoms with Gasteiger partial charge in [0.15, 0.2) is 0 Å². The van der Waals surface area contributed by atoms with E-state index in [4.69, 9.17) is 0 Å². The maximum atomic E-state index is 12.3. The van der Waals surface area contributed by atoms with E-state index >= 15 is 0 Å². The molecule has 2 nitrogen and oxygen atoms in total. The van der Waals surface area contributed by atoms with E-state index in [1.165, 1.54) is 0 Å². The molecule has 3 heteroatoms. The molecule has 1 N–H and O–H groups in total. The summed E-state index contributed by atoms with van der Waals surface area (Å²) >= 11 is 0. The summed E-state index contributed by atoms with van der Waals surface area (Å²) in [4.78, 5) is 0. The molecule has 0 saturated carbocycles. The van der Waals surface area contributed by atoms with Crippen molar-refractivity contribution in [2.24, 2.45) is 0 Å². The third kappa shape index (κ3) is 3.79. The van der Waals surface area contributed by atoms with Crippen LogP contribution in [0.15, 0.2) is 43.0 Å². The molecule has 0 aromatic heterocycles. The van der Waals surface area contributed by atoms with Crippen LogP contribution in [-0.2, 0) is 16.5 Å². The summed E-state index contributed by atoms with van der Waals surface area (Å²) in [5.41, 5.74) is 0.781. The molecule has 2 atom stereocenters. The van der Waals surface area contributed by atoms with Gasteiger partial charge >= 0.3 is 0 Å². The molecular formula is C15H23NOS. The molecule has 0 aliphatic carbocycles. The second-order valence-corrected chi connectivity index (χ2v) is 7.64. The molecule has 2 unspecified atom stereocenters. The molecule has 0 amide bonds. The predicted octanol–water partition coefficient (Wildman–Crippen LogP) is 3.53. The molecule has 1 aromatic carbocycles. The highest BCUT2D eigenvalue weighted by molar-refractivity contribution is 7.84. The Morgan fingerprint density at radius 3 is 2.22 bits per heavy atom. The van der Waals surface area contributed by atoms with E-state index in [9.17, 15) is 4.21 Å². The first kappa shape index (κ1) is 15.1. The quantitative estimate of drug-likeness (QED) is 0.811. The van der Waals surface area contributed by atoms with E-state index in [1.807, 2.05) is 45.0 Å². The number of hydrogen-bond acceptors (Lipinski definition) is 1. The summed E-state index contributed by atoms with van der Waals surface area (Å²) in [5.74, 6) is 0. The highest BCUT2D eigenvalue weighted by Gasteiger charge is 2.31. The average Bonchev–Trinajstić information content (AvgIpc) is 2.29. The minimum atomic E-state index is -1.11. The number of hydrogen-bond donors (Lipinski definition) is 1. The number of nitrogens with one attached hydrogen (secondary N) is 1. The lowest BCUT2D eigenvalue weighted by Crippen LogP contribution is -2.45. The Kier molecular flexibility index (Phi) is 4.88. The zero-order valence-corrected chi connectivity index (χ0v) is 12.5. The fraction of sp³-hybridized carbons (Fsp3) is 0.467. The number of benzene rings is 1. The summed E-state index contributed by atoms with van der Waals surface area (Å²) < 4.78 is 15.3.